The van der Waals surface area contributed by atoms with Crippen molar-refractivity contribution in [3.8, 4) is 0 Å². The predicted octanol–water partition coefficient (Wildman–Crippen LogP) is 2.61. The highest BCUT2D eigenvalue weighted by molar-refractivity contribution is 6.07. The molecule has 1 amide bonds. The molecule has 100 valence electrons. The van der Waals surface area contributed by atoms with Crippen LogP contribution < -0.4 is 10.6 Å². The van der Waals surface area contributed by atoms with E-state index in [9.17, 15) is 4.79 Å². The molecule has 0 aromatic heterocycles. The predicted molar refractivity (Wildman–Crippen MR) is 78.6 cm³/mol. The zero-order valence-electron chi connectivity index (χ0n) is 11.1. The van der Waals surface area contributed by atoms with Crippen LogP contribution in [-0.4, -0.2) is 12.5 Å². The molecule has 0 aliphatic carbocycles. The number of carbonyl (C=O) groups is 1. The summed E-state index contributed by atoms with van der Waals surface area (Å²) >= 11 is 0. The molecular formula is C17H16N2O. The zero-order valence-corrected chi connectivity index (χ0v) is 11.1. The van der Waals surface area contributed by atoms with E-state index in [0.717, 1.165) is 24.2 Å². The molecule has 0 radical (unpaired) electrons. The van der Waals surface area contributed by atoms with Crippen molar-refractivity contribution in [1.82, 2.24) is 5.32 Å². The monoisotopic (exact) mass is 264 g/mol. The minimum atomic E-state index is -0.460. The number of carbonyl (C=O) groups excluding carboxylic acids is 1. The van der Waals surface area contributed by atoms with Gasteiger partial charge in [-0.25, -0.2) is 0 Å². The van der Waals surface area contributed by atoms with Crippen LogP contribution in [0.1, 0.15) is 23.6 Å². The van der Waals surface area contributed by atoms with Crippen molar-refractivity contribution in [2.75, 3.05) is 11.9 Å². The number of hydrogen-bond acceptors (Lipinski definition) is 2. The fourth-order valence-corrected chi connectivity index (χ4v) is 3.65. The lowest BCUT2D eigenvalue weighted by Gasteiger charge is -2.29. The molecule has 2 aliphatic rings. The van der Waals surface area contributed by atoms with E-state index in [-0.39, 0.29) is 11.9 Å². The van der Waals surface area contributed by atoms with Crippen molar-refractivity contribution in [3.05, 3.63) is 65.7 Å². The van der Waals surface area contributed by atoms with Crippen LogP contribution in [0.5, 0.6) is 0 Å². The molecule has 0 bridgehead atoms. The van der Waals surface area contributed by atoms with Crippen LogP contribution in [0.25, 0.3) is 0 Å². The molecule has 0 saturated carbocycles. The molecule has 1 spiro atoms. The molecule has 2 atom stereocenters. The van der Waals surface area contributed by atoms with E-state index in [4.69, 9.17) is 0 Å². The third kappa shape index (κ3) is 1.41. The number of anilines is 1. The van der Waals surface area contributed by atoms with Crippen LogP contribution in [0.4, 0.5) is 5.69 Å². The number of benzene rings is 2. The summed E-state index contributed by atoms with van der Waals surface area (Å²) in [6, 6.07) is 18.4. The summed E-state index contributed by atoms with van der Waals surface area (Å²) in [6.07, 6.45) is 0.843. The Labute approximate surface area is 118 Å². The van der Waals surface area contributed by atoms with E-state index in [2.05, 4.69) is 28.8 Å². The third-order valence-corrected chi connectivity index (χ3v) is 4.55. The molecule has 2 N–H and O–H groups in total. The summed E-state index contributed by atoms with van der Waals surface area (Å²) in [6.45, 7) is 0.862. The summed E-state index contributed by atoms with van der Waals surface area (Å²) in [5, 5.41) is 6.57. The molecular weight excluding hydrogens is 248 g/mol. The number of para-hydroxylation sites is 1. The molecule has 1 fully saturated rings. The maximum Gasteiger partial charge on any atom is 0.237 e. The summed E-state index contributed by atoms with van der Waals surface area (Å²) in [4.78, 5) is 12.7. The summed E-state index contributed by atoms with van der Waals surface area (Å²) in [5.74, 6) is 0.123. The molecule has 2 aromatic carbocycles. The van der Waals surface area contributed by atoms with Gasteiger partial charge in [0.05, 0.1) is 11.5 Å². The van der Waals surface area contributed by atoms with Gasteiger partial charge in [-0.3, -0.25) is 4.79 Å². The van der Waals surface area contributed by atoms with Crippen LogP contribution >= 0.6 is 0 Å². The maximum atomic E-state index is 12.7. The Morgan fingerprint density at radius 3 is 2.60 bits per heavy atom. The van der Waals surface area contributed by atoms with Gasteiger partial charge in [-0.15, -0.1) is 0 Å². The molecule has 2 aliphatic heterocycles. The average molecular weight is 264 g/mol. The van der Waals surface area contributed by atoms with Gasteiger partial charge in [0.1, 0.15) is 0 Å². The number of amides is 1. The molecule has 3 heteroatoms. The quantitative estimate of drug-likeness (QED) is 0.831. The molecule has 4 rings (SSSR count). The Morgan fingerprint density at radius 1 is 1.00 bits per heavy atom. The first-order valence-corrected chi connectivity index (χ1v) is 7.02. The lowest BCUT2D eigenvalue weighted by molar-refractivity contribution is -0.121. The first-order valence-electron chi connectivity index (χ1n) is 7.02. The molecule has 2 aromatic rings. The van der Waals surface area contributed by atoms with E-state index < -0.39 is 5.41 Å². The second-order valence-electron chi connectivity index (χ2n) is 5.52. The van der Waals surface area contributed by atoms with E-state index in [0.29, 0.717) is 0 Å². The molecule has 1 saturated heterocycles. The summed E-state index contributed by atoms with van der Waals surface area (Å²) in [5.41, 5.74) is 2.81. The van der Waals surface area contributed by atoms with Gasteiger partial charge in [0.25, 0.3) is 0 Å². The number of hydrogen-bond donors (Lipinski definition) is 2. The summed E-state index contributed by atoms with van der Waals surface area (Å²) < 4.78 is 0. The van der Waals surface area contributed by atoms with Gasteiger partial charge in [0.2, 0.25) is 5.91 Å². The first-order chi connectivity index (χ1) is 9.82. The minimum absolute atomic E-state index is 0.0485. The highest BCUT2D eigenvalue weighted by Gasteiger charge is 2.55. The first kappa shape index (κ1) is 11.7. The van der Waals surface area contributed by atoms with Gasteiger partial charge in [-0.2, -0.15) is 0 Å². The van der Waals surface area contributed by atoms with Crippen molar-refractivity contribution in [3.63, 3.8) is 0 Å². The van der Waals surface area contributed by atoms with Crippen LogP contribution in [0, 0.1) is 0 Å². The van der Waals surface area contributed by atoms with E-state index in [1.165, 1.54) is 5.56 Å². The van der Waals surface area contributed by atoms with E-state index >= 15 is 0 Å². The average Bonchev–Trinajstić information content (AvgIpc) is 3.05. The van der Waals surface area contributed by atoms with Gasteiger partial charge >= 0.3 is 0 Å². The van der Waals surface area contributed by atoms with Gasteiger partial charge in [0.15, 0.2) is 0 Å². The lowest BCUT2D eigenvalue weighted by atomic mass is 9.73. The number of rotatable bonds is 1. The van der Waals surface area contributed by atoms with Crippen molar-refractivity contribution in [2.45, 2.75) is 17.9 Å². The second-order valence-corrected chi connectivity index (χ2v) is 5.52. The number of fused-ring (bicyclic) bond motifs is 2. The van der Waals surface area contributed by atoms with Crippen LogP contribution in [-0.2, 0) is 10.2 Å². The van der Waals surface area contributed by atoms with Crippen LogP contribution in [0.3, 0.4) is 0 Å². The Kier molecular flexibility index (Phi) is 2.44. The van der Waals surface area contributed by atoms with Crippen molar-refractivity contribution >= 4 is 11.6 Å². The Bertz CT molecular complexity index is 668. The Hall–Kier alpha value is -2.13. The zero-order chi connectivity index (χ0) is 13.6. The minimum Gasteiger partial charge on any atom is -0.325 e. The van der Waals surface area contributed by atoms with Gasteiger partial charge < -0.3 is 10.6 Å². The van der Waals surface area contributed by atoms with Gasteiger partial charge in [-0.05, 0) is 30.2 Å². The normalized spacial score (nSPS) is 27.6. The van der Waals surface area contributed by atoms with Crippen LogP contribution in [0.2, 0.25) is 0 Å². The standard InChI is InChI=1S/C17H16N2O/c20-16-17(13-8-4-5-9-14(13)19-16)10-11-18-15(17)12-6-2-1-3-7-12/h1-9,15,18H,10-11H2,(H,19,20)/t15-,17?/m1/s1. The number of nitrogens with one attached hydrogen (secondary N) is 2. The third-order valence-electron chi connectivity index (χ3n) is 4.55. The van der Waals surface area contributed by atoms with Crippen LogP contribution in [0.15, 0.2) is 54.6 Å². The largest absolute Gasteiger partial charge is 0.325 e. The topological polar surface area (TPSA) is 41.1 Å². The molecule has 2 heterocycles. The molecule has 20 heavy (non-hydrogen) atoms. The van der Waals surface area contributed by atoms with Crippen molar-refractivity contribution in [1.29, 1.82) is 0 Å². The van der Waals surface area contributed by atoms with Crippen molar-refractivity contribution in [2.24, 2.45) is 0 Å². The second kappa shape index (κ2) is 4.18. The fourth-order valence-electron chi connectivity index (χ4n) is 3.65. The highest BCUT2D eigenvalue weighted by Crippen LogP contribution is 2.50. The van der Waals surface area contributed by atoms with Gasteiger partial charge in [-0.1, -0.05) is 48.5 Å². The fraction of sp³-hybridized carbons (Fsp3) is 0.235. The highest BCUT2D eigenvalue weighted by atomic mass is 16.2. The van der Waals surface area contributed by atoms with Gasteiger partial charge in [0, 0.05) is 5.69 Å². The smallest absolute Gasteiger partial charge is 0.237 e. The summed E-state index contributed by atoms with van der Waals surface area (Å²) in [7, 11) is 0. The maximum absolute atomic E-state index is 12.7. The van der Waals surface area contributed by atoms with Crippen molar-refractivity contribution < 1.29 is 4.79 Å². The molecule has 3 nitrogen and oxygen atoms in total. The Morgan fingerprint density at radius 2 is 1.75 bits per heavy atom. The molecule has 1 unspecified atom stereocenters. The lowest BCUT2D eigenvalue weighted by Crippen LogP contribution is -2.39. The van der Waals surface area contributed by atoms with E-state index in [1.54, 1.807) is 0 Å². The van der Waals surface area contributed by atoms with E-state index in [1.807, 2.05) is 36.4 Å². The Balaban J connectivity index is 1.89. The SMILES string of the molecule is O=C1Nc2ccccc2C12CCN[C@@H]2c1ccccc1.